The van der Waals surface area contributed by atoms with Gasteiger partial charge < -0.3 is 5.32 Å². The first kappa shape index (κ1) is 13.4. The van der Waals surface area contributed by atoms with E-state index >= 15 is 0 Å². The smallest absolute Gasteiger partial charge is 0.277 e. The highest BCUT2D eigenvalue weighted by Gasteiger charge is 2.25. The van der Waals surface area contributed by atoms with Gasteiger partial charge in [-0.2, -0.15) is 17.9 Å². The first-order chi connectivity index (χ1) is 7.18. The molecular formula is C9H19N3O3S. The van der Waals surface area contributed by atoms with Crippen molar-refractivity contribution >= 4 is 16.1 Å². The van der Waals surface area contributed by atoms with Gasteiger partial charge in [-0.25, -0.2) is 0 Å². The second-order valence-electron chi connectivity index (χ2n) is 5.01. The van der Waals surface area contributed by atoms with E-state index in [9.17, 15) is 13.2 Å². The van der Waals surface area contributed by atoms with E-state index < -0.39 is 15.7 Å². The van der Waals surface area contributed by atoms with Crippen LogP contribution in [0.15, 0.2) is 0 Å². The van der Waals surface area contributed by atoms with E-state index in [4.69, 9.17) is 0 Å². The van der Waals surface area contributed by atoms with E-state index in [0.717, 1.165) is 0 Å². The zero-order valence-electron chi connectivity index (χ0n) is 9.83. The molecule has 1 saturated heterocycles. The molecule has 1 aliphatic rings. The van der Waals surface area contributed by atoms with E-state index in [-0.39, 0.29) is 11.9 Å². The minimum atomic E-state index is -3.51. The highest BCUT2D eigenvalue weighted by molar-refractivity contribution is 7.87. The molecule has 1 fully saturated rings. The Balaban J connectivity index is 2.50. The Kier molecular flexibility index (Phi) is 3.92. The van der Waals surface area contributed by atoms with E-state index in [1.54, 1.807) is 20.8 Å². The van der Waals surface area contributed by atoms with Crippen LogP contribution in [0.25, 0.3) is 0 Å². The normalized spacial score (nSPS) is 22.9. The molecule has 16 heavy (non-hydrogen) atoms. The van der Waals surface area contributed by atoms with E-state index in [1.165, 1.54) is 0 Å². The lowest BCUT2D eigenvalue weighted by Gasteiger charge is -2.26. The van der Waals surface area contributed by atoms with Crippen LogP contribution in [0.1, 0.15) is 33.6 Å². The zero-order valence-corrected chi connectivity index (χ0v) is 10.6. The van der Waals surface area contributed by atoms with Gasteiger partial charge in [-0.15, -0.1) is 0 Å². The monoisotopic (exact) mass is 249 g/mol. The fraction of sp³-hybridized carbons (Fsp3) is 0.889. The highest BCUT2D eigenvalue weighted by atomic mass is 32.2. The van der Waals surface area contributed by atoms with Crippen LogP contribution in [0.3, 0.4) is 0 Å². The number of carbonyl (C=O) groups is 1. The van der Waals surface area contributed by atoms with Crippen LogP contribution >= 0.6 is 0 Å². The van der Waals surface area contributed by atoms with Crippen LogP contribution in [0.2, 0.25) is 0 Å². The van der Waals surface area contributed by atoms with Crippen molar-refractivity contribution in [3.05, 3.63) is 0 Å². The van der Waals surface area contributed by atoms with Crippen LogP contribution in [0.5, 0.6) is 0 Å². The van der Waals surface area contributed by atoms with Gasteiger partial charge in [-0.05, 0) is 27.2 Å². The van der Waals surface area contributed by atoms with Crippen molar-refractivity contribution in [1.82, 2.24) is 14.8 Å². The summed E-state index contributed by atoms with van der Waals surface area (Å²) in [5.74, 6) is -0.0285. The van der Waals surface area contributed by atoms with Crippen LogP contribution in [-0.2, 0) is 15.0 Å². The number of carbonyl (C=O) groups excluding carboxylic acids is 1. The number of hydrogen-bond donors (Lipinski definition) is 3. The summed E-state index contributed by atoms with van der Waals surface area (Å²) in [6.45, 7) is 5.67. The topological polar surface area (TPSA) is 87.3 Å². The first-order valence-corrected chi connectivity index (χ1v) is 6.74. The average molecular weight is 249 g/mol. The average Bonchev–Trinajstić information content (AvgIpc) is 2.04. The predicted octanol–water partition coefficient (Wildman–Crippen LogP) is -0.512. The fourth-order valence-corrected chi connectivity index (χ4v) is 2.99. The Hall–Kier alpha value is -0.660. The molecule has 0 aromatic heterocycles. The quantitative estimate of drug-likeness (QED) is 0.629. The van der Waals surface area contributed by atoms with Crippen molar-refractivity contribution in [2.75, 3.05) is 6.54 Å². The summed E-state index contributed by atoms with van der Waals surface area (Å²) in [5, 5.41) is 2.62. The molecule has 1 atom stereocenters. The van der Waals surface area contributed by atoms with Gasteiger partial charge in [-0.3, -0.25) is 4.79 Å². The molecule has 0 radical (unpaired) electrons. The van der Waals surface area contributed by atoms with Crippen molar-refractivity contribution in [3.63, 3.8) is 0 Å². The zero-order chi connectivity index (χ0) is 12.4. The number of rotatable bonds is 3. The SMILES string of the molecule is CC(C)(C)NS(=O)(=O)NC1CCC(=O)NC1. The van der Waals surface area contributed by atoms with Gasteiger partial charge in [0.2, 0.25) is 5.91 Å². The molecule has 1 heterocycles. The second kappa shape index (κ2) is 4.68. The second-order valence-corrected chi connectivity index (χ2v) is 6.46. The minimum absolute atomic E-state index is 0.0285. The van der Waals surface area contributed by atoms with Gasteiger partial charge in [0.25, 0.3) is 10.2 Å². The molecule has 0 spiro atoms. The molecule has 0 aliphatic carbocycles. The summed E-state index contributed by atoms with van der Waals surface area (Å²) in [6.07, 6.45) is 0.902. The largest absolute Gasteiger partial charge is 0.355 e. The maximum atomic E-state index is 11.7. The van der Waals surface area contributed by atoms with Crippen molar-refractivity contribution in [3.8, 4) is 0 Å². The Morgan fingerprint density at radius 2 is 2.00 bits per heavy atom. The lowest BCUT2D eigenvalue weighted by atomic mass is 10.1. The summed E-state index contributed by atoms with van der Waals surface area (Å²) >= 11 is 0. The standard InChI is InChI=1S/C9H19N3O3S/c1-9(2,3)12-16(14,15)11-7-4-5-8(13)10-6-7/h7,11-12H,4-6H2,1-3H3,(H,10,13). The van der Waals surface area contributed by atoms with Crippen LogP contribution in [0.4, 0.5) is 0 Å². The molecule has 0 bridgehead atoms. The molecule has 94 valence electrons. The fourth-order valence-electron chi connectivity index (χ4n) is 1.49. The van der Waals surface area contributed by atoms with Crippen LogP contribution < -0.4 is 14.8 Å². The molecule has 1 amide bonds. The molecule has 0 saturated carbocycles. The Bertz CT molecular complexity index is 349. The molecule has 1 rings (SSSR count). The Morgan fingerprint density at radius 3 is 2.44 bits per heavy atom. The van der Waals surface area contributed by atoms with Crippen LogP contribution in [0, 0.1) is 0 Å². The summed E-state index contributed by atoms with van der Waals surface area (Å²) in [5.41, 5.74) is -0.510. The third kappa shape index (κ3) is 4.91. The third-order valence-electron chi connectivity index (χ3n) is 2.03. The number of hydrogen-bond acceptors (Lipinski definition) is 3. The Labute approximate surface area is 96.4 Å². The van der Waals surface area contributed by atoms with E-state index in [0.29, 0.717) is 19.4 Å². The molecule has 1 aliphatic heterocycles. The summed E-state index contributed by atoms with van der Waals surface area (Å²) < 4.78 is 28.3. The van der Waals surface area contributed by atoms with Crippen molar-refractivity contribution in [1.29, 1.82) is 0 Å². The van der Waals surface area contributed by atoms with Gasteiger partial charge >= 0.3 is 0 Å². The molecule has 1 unspecified atom stereocenters. The van der Waals surface area contributed by atoms with Crippen LogP contribution in [-0.4, -0.2) is 32.5 Å². The van der Waals surface area contributed by atoms with Gasteiger partial charge in [0.1, 0.15) is 0 Å². The van der Waals surface area contributed by atoms with E-state index in [1.807, 2.05) is 0 Å². The maximum Gasteiger partial charge on any atom is 0.277 e. The Morgan fingerprint density at radius 1 is 1.38 bits per heavy atom. The molecule has 0 aromatic rings. The molecule has 7 heteroatoms. The molecule has 0 aromatic carbocycles. The number of piperidine rings is 1. The summed E-state index contributed by atoms with van der Waals surface area (Å²) in [7, 11) is -3.51. The third-order valence-corrected chi connectivity index (χ3v) is 3.55. The van der Waals surface area contributed by atoms with Crippen molar-refractivity contribution in [2.24, 2.45) is 0 Å². The first-order valence-electron chi connectivity index (χ1n) is 5.26. The minimum Gasteiger partial charge on any atom is -0.355 e. The lowest BCUT2D eigenvalue weighted by molar-refractivity contribution is -0.122. The van der Waals surface area contributed by atoms with Crippen molar-refractivity contribution in [2.45, 2.75) is 45.2 Å². The summed E-state index contributed by atoms with van der Waals surface area (Å²) in [6, 6.07) is -0.224. The highest BCUT2D eigenvalue weighted by Crippen LogP contribution is 2.06. The van der Waals surface area contributed by atoms with Gasteiger partial charge in [0, 0.05) is 24.5 Å². The predicted molar refractivity (Wildman–Crippen MR) is 61.0 cm³/mol. The number of amides is 1. The van der Waals surface area contributed by atoms with Gasteiger partial charge in [0.05, 0.1) is 0 Å². The number of nitrogens with one attached hydrogen (secondary N) is 3. The van der Waals surface area contributed by atoms with Gasteiger partial charge in [-0.1, -0.05) is 0 Å². The molecular weight excluding hydrogens is 230 g/mol. The van der Waals surface area contributed by atoms with E-state index in [2.05, 4.69) is 14.8 Å². The summed E-state index contributed by atoms with van der Waals surface area (Å²) in [4.78, 5) is 10.9. The molecule has 3 N–H and O–H groups in total. The lowest BCUT2D eigenvalue weighted by Crippen LogP contribution is -2.54. The van der Waals surface area contributed by atoms with Gasteiger partial charge in [0.15, 0.2) is 0 Å². The van der Waals surface area contributed by atoms with Crippen molar-refractivity contribution < 1.29 is 13.2 Å². The molecule has 6 nitrogen and oxygen atoms in total. The maximum absolute atomic E-state index is 11.7.